The van der Waals surface area contributed by atoms with Crippen LogP contribution in [0.15, 0.2) is 0 Å². The minimum Gasteiger partial charge on any atom is -0.365 e. The highest BCUT2D eigenvalue weighted by molar-refractivity contribution is 5.14. The summed E-state index contributed by atoms with van der Waals surface area (Å²) in [6, 6.07) is 0. The molecule has 3 unspecified atom stereocenters. The van der Waals surface area contributed by atoms with Crippen molar-refractivity contribution in [3.8, 4) is 0 Å². The lowest BCUT2D eigenvalue weighted by Crippen LogP contribution is -2.49. The van der Waals surface area contributed by atoms with Gasteiger partial charge in [-0.05, 0) is 30.6 Å². The van der Waals surface area contributed by atoms with Crippen LogP contribution in [0.5, 0.6) is 0 Å². The molecule has 16 heavy (non-hydrogen) atoms. The van der Waals surface area contributed by atoms with Gasteiger partial charge >= 0.3 is 0 Å². The predicted octanol–water partition coefficient (Wildman–Crippen LogP) is 3.34. The molecule has 94 valence electrons. The van der Waals surface area contributed by atoms with E-state index in [0.29, 0.717) is 12.5 Å². The first kappa shape index (κ1) is 12.4. The molecule has 2 aliphatic rings. The van der Waals surface area contributed by atoms with E-state index in [4.69, 9.17) is 4.74 Å². The summed E-state index contributed by atoms with van der Waals surface area (Å²) in [5, 5.41) is 10.8. The van der Waals surface area contributed by atoms with Crippen molar-refractivity contribution < 1.29 is 9.84 Å². The quantitative estimate of drug-likeness (QED) is 0.588. The van der Waals surface area contributed by atoms with Gasteiger partial charge in [0.1, 0.15) is 0 Å². The second-order valence-electron chi connectivity index (χ2n) is 6.48. The maximum absolute atomic E-state index is 10.8. The van der Waals surface area contributed by atoms with Gasteiger partial charge in [0.15, 0.2) is 5.79 Å². The Labute approximate surface area is 99.4 Å². The van der Waals surface area contributed by atoms with E-state index in [9.17, 15) is 5.11 Å². The van der Waals surface area contributed by atoms with Crippen molar-refractivity contribution >= 4 is 0 Å². The Balaban J connectivity index is 2.13. The molecule has 2 rings (SSSR count). The van der Waals surface area contributed by atoms with Crippen LogP contribution in [-0.2, 0) is 4.74 Å². The average molecular weight is 226 g/mol. The normalized spacial score (nSPS) is 45.2. The van der Waals surface area contributed by atoms with Gasteiger partial charge in [0.05, 0.1) is 6.61 Å². The molecule has 3 atom stereocenters. The molecule has 2 heteroatoms. The largest absolute Gasteiger partial charge is 0.365 e. The molecule has 2 saturated carbocycles. The third-order valence-electron chi connectivity index (χ3n) is 5.66. The van der Waals surface area contributed by atoms with Crippen LogP contribution in [0.1, 0.15) is 59.8 Å². The van der Waals surface area contributed by atoms with Crippen molar-refractivity contribution in [1.29, 1.82) is 0 Å². The molecule has 0 aromatic heterocycles. The zero-order chi connectivity index (χ0) is 12.0. The zero-order valence-electron chi connectivity index (χ0n) is 11.2. The highest BCUT2D eigenvalue weighted by atomic mass is 16.6. The zero-order valence-corrected chi connectivity index (χ0v) is 11.2. The molecule has 1 N–H and O–H groups in total. The number of aliphatic hydroxyl groups is 1. The lowest BCUT2D eigenvalue weighted by atomic mass is 9.68. The number of hydrogen-bond acceptors (Lipinski definition) is 2. The van der Waals surface area contributed by atoms with Crippen molar-refractivity contribution in [3.05, 3.63) is 0 Å². The van der Waals surface area contributed by atoms with Crippen LogP contribution in [-0.4, -0.2) is 17.5 Å². The van der Waals surface area contributed by atoms with Gasteiger partial charge in [0.25, 0.3) is 0 Å². The number of hydrogen-bond donors (Lipinski definition) is 1. The molecule has 0 radical (unpaired) electrons. The average Bonchev–Trinajstić information content (AvgIpc) is 2.50. The Morgan fingerprint density at radius 1 is 1.31 bits per heavy atom. The standard InChI is InChI=1S/C14H26O2/c1-5-6-9-16-14(15)10-11-7-8-13(14,4)12(11,2)3/h11,15H,5-10H2,1-4H3. The SMILES string of the molecule is CCCCOC1(O)CC2CCC1(C)C2(C)C. The summed E-state index contributed by atoms with van der Waals surface area (Å²) in [6.07, 6.45) is 5.36. The first-order valence-electron chi connectivity index (χ1n) is 6.74. The summed E-state index contributed by atoms with van der Waals surface area (Å²) in [5.74, 6) is -0.238. The Bertz CT molecular complexity index is 274. The van der Waals surface area contributed by atoms with Crippen molar-refractivity contribution in [2.24, 2.45) is 16.7 Å². The molecule has 0 aromatic carbocycles. The van der Waals surface area contributed by atoms with E-state index in [2.05, 4.69) is 27.7 Å². The highest BCUT2D eigenvalue weighted by Crippen LogP contribution is 2.69. The van der Waals surface area contributed by atoms with Crippen LogP contribution in [0.2, 0.25) is 0 Å². The van der Waals surface area contributed by atoms with Crippen molar-refractivity contribution in [2.75, 3.05) is 6.61 Å². The van der Waals surface area contributed by atoms with E-state index in [0.717, 1.165) is 25.7 Å². The van der Waals surface area contributed by atoms with Crippen LogP contribution in [0.25, 0.3) is 0 Å². The van der Waals surface area contributed by atoms with Crippen LogP contribution >= 0.6 is 0 Å². The number of rotatable bonds is 4. The Morgan fingerprint density at radius 2 is 2.00 bits per heavy atom. The molecule has 0 spiro atoms. The van der Waals surface area contributed by atoms with Gasteiger partial charge in [-0.3, -0.25) is 0 Å². The monoisotopic (exact) mass is 226 g/mol. The first-order valence-corrected chi connectivity index (χ1v) is 6.74. The lowest BCUT2D eigenvalue weighted by molar-refractivity contribution is -0.273. The topological polar surface area (TPSA) is 29.5 Å². The number of ether oxygens (including phenoxy) is 1. The van der Waals surface area contributed by atoms with Gasteiger partial charge in [-0.15, -0.1) is 0 Å². The van der Waals surface area contributed by atoms with Crippen molar-refractivity contribution in [3.63, 3.8) is 0 Å². The van der Waals surface area contributed by atoms with Gasteiger partial charge < -0.3 is 9.84 Å². The van der Waals surface area contributed by atoms with Crippen molar-refractivity contribution in [2.45, 2.75) is 65.6 Å². The fourth-order valence-corrected chi connectivity index (χ4v) is 3.82. The molecule has 0 amide bonds. The summed E-state index contributed by atoms with van der Waals surface area (Å²) < 4.78 is 5.86. The first-order chi connectivity index (χ1) is 7.37. The molecular weight excluding hydrogens is 200 g/mol. The van der Waals surface area contributed by atoms with Crippen LogP contribution < -0.4 is 0 Å². The van der Waals surface area contributed by atoms with E-state index in [1.165, 1.54) is 6.42 Å². The third-order valence-corrected chi connectivity index (χ3v) is 5.66. The van der Waals surface area contributed by atoms with Gasteiger partial charge in [-0.1, -0.05) is 34.1 Å². The Kier molecular flexibility index (Phi) is 2.87. The van der Waals surface area contributed by atoms with Crippen LogP contribution in [0, 0.1) is 16.7 Å². The molecule has 2 aliphatic carbocycles. The van der Waals surface area contributed by atoms with Crippen LogP contribution in [0.3, 0.4) is 0 Å². The van der Waals surface area contributed by atoms with Gasteiger partial charge in [0.2, 0.25) is 0 Å². The minimum absolute atomic E-state index is 0.0571. The molecule has 0 aliphatic heterocycles. The van der Waals surface area contributed by atoms with Crippen molar-refractivity contribution in [1.82, 2.24) is 0 Å². The fourth-order valence-electron chi connectivity index (χ4n) is 3.82. The summed E-state index contributed by atoms with van der Waals surface area (Å²) in [4.78, 5) is 0. The van der Waals surface area contributed by atoms with E-state index in [1.54, 1.807) is 0 Å². The number of unbranched alkanes of at least 4 members (excludes halogenated alkanes) is 1. The molecule has 2 bridgehead atoms. The van der Waals surface area contributed by atoms with E-state index < -0.39 is 5.79 Å². The molecule has 0 aromatic rings. The van der Waals surface area contributed by atoms with Gasteiger partial charge in [-0.25, -0.2) is 0 Å². The van der Waals surface area contributed by atoms with E-state index >= 15 is 0 Å². The van der Waals surface area contributed by atoms with Gasteiger partial charge in [0, 0.05) is 11.8 Å². The smallest absolute Gasteiger partial charge is 0.171 e. The molecule has 2 fully saturated rings. The van der Waals surface area contributed by atoms with Gasteiger partial charge in [-0.2, -0.15) is 0 Å². The summed E-state index contributed by atoms with van der Waals surface area (Å²) >= 11 is 0. The minimum atomic E-state index is -0.866. The lowest BCUT2D eigenvalue weighted by Gasteiger charge is -2.44. The molecule has 0 heterocycles. The second-order valence-corrected chi connectivity index (χ2v) is 6.48. The predicted molar refractivity (Wildman–Crippen MR) is 65.0 cm³/mol. The summed E-state index contributed by atoms with van der Waals surface area (Å²) in [6.45, 7) is 9.66. The molecule has 0 saturated heterocycles. The van der Waals surface area contributed by atoms with E-state index in [1.807, 2.05) is 0 Å². The summed E-state index contributed by atoms with van der Waals surface area (Å²) in [7, 11) is 0. The summed E-state index contributed by atoms with van der Waals surface area (Å²) in [5.41, 5.74) is 0.159. The maximum Gasteiger partial charge on any atom is 0.171 e. The molecular formula is C14H26O2. The Hall–Kier alpha value is -0.0800. The molecule has 2 nitrogen and oxygen atoms in total. The van der Waals surface area contributed by atoms with Crippen LogP contribution in [0.4, 0.5) is 0 Å². The number of fused-ring (bicyclic) bond motifs is 2. The third kappa shape index (κ3) is 1.39. The maximum atomic E-state index is 10.8. The second kappa shape index (κ2) is 3.71. The van der Waals surface area contributed by atoms with E-state index in [-0.39, 0.29) is 10.8 Å². The Morgan fingerprint density at radius 3 is 2.44 bits per heavy atom. The fraction of sp³-hybridized carbons (Fsp3) is 1.00. The highest BCUT2D eigenvalue weighted by Gasteiger charge is 2.69.